The van der Waals surface area contributed by atoms with Crippen molar-refractivity contribution in [1.29, 1.82) is 0 Å². The smallest absolute Gasteiger partial charge is 0.122 e. The molecule has 0 amide bonds. The van der Waals surface area contributed by atoms with Gasteiger partial charge in [0, 0.05) is 21.5 Å². The Balaban J connectivity index is 1.32. The highest BCUT2D eigenvalue weighted by molar-refractivity contribution is 6.18. The standard InChI is InChI=1S/C51H34N2/c1-2-21-37(22-3-1)51(43-28-11-8-25-40(43)41-26-9-12-29-44(41)51)53-47-30-13-10-27-42(47)50-48(33-16-34-49(50)53)52(45-31-14-19-35-17-4-6-23-38(35)45)46-32-15-20-36-18-5-7-24-39(36)46/h1-34H. The summed E-state index contributed by atoms with van der Waals surface area (Å²) in [5.74, 6) is 0. The highest BCUT2D eigenvalue weighted by atomic mass is 15.2. The van der Waals surface area contributed by atoms with Crippen molar-refractivity contribution in [3.8, 4) is 11.1 Å². The molecule has 0 spiro atoms. The first kappa shape index (κ1) is 29.8. The minimum absolute atomic E-state index is 0.613. The van der Waals surface area contributed by atoms with Gasteiger partial charge in [0.25, 0.3) is 0 Å². The second kappa shape index (κ2) is 11.6. The van der Waals surface area contributed by atoms with Crippen LogP contribution in [0.5, 0.6) is 0 Å². The molecule has 0 fully saturated rings. The lowest BCUT2D eigenvalue weighted by Crippen LogP contribution is -2.35. The number of aromatic nitrogens is 1. The van der Waals surface area contributed by atoms with Crippen molar-refractivity contribution in [3.05, 3.63) is 223 Å². The number of hydrogen-bond donors (Lipinski definition) is 0. The predicted molar refractivity (Wildman–Crippen MR) is 223 cm³/mol. The lowest BCUT2D eigenvalue weighted by molar-refractivity contribution is 0.564. The maximum absolute atomic E-state index is 2.64. The van der Waals surface area contributed by atoms with Gasteiger partial charge in [0.2, 0.25) is 0 Å². The summed E-state index contributed by atoms with van der Waals surface area (Å²) in [6.45, 7) is 0. The van der Waals surface area contributed by atoms with Crippen LogP contribution in [0.15, 0.2) is 206 Å². The van der Waals surface area contributed by atoms with Gasteiger partial charge in [0.05, 0.1) is 28.1 Å². The van der Waals surface area contributed by atoms with Gasteiger partial charge in [-0.2, -0.15) is 0 Å². The third-order valence-corrected chi connectivity index (χ3v) is 11.4. The van der Waals surface area contributed by atoms with Crippen LogP contribution in [-0.4, -0.2) is 4.57 Å². The first-order chi connectivity index (χ1) is 26.3. The molecule has 0 radical (unpaired) electrons. The quantitative estimate of drug-likeness (QED) is 0.176. The monoisotopic (exact) mass is 674 g/mol. The van der Waals surface area contributed by atoms with Crippen LogP contribution in [-0.2, 0) is 5.54 Å². The van der Waals surface area contributed by atoms with Crippen molar-refractivity contribution in [2.45, 2.75) is 5.54 Å². The van der Waals surface area contributed by atoms with Crippen LogP contribution in [0.2, 0.25) is 0 Å². The third kappa shape index (κ3) is 4.15. The number of anilines is 3. The van der Waals surface area contributed by atoms with Crippen LogP contribution >= 0.6 is 0 Å². The highest BCUT2D eigenvalue weighted by Crippen LogP contribution is 2.57. The average Bonchev–Trinajstić information content (AvgIpc) is 3.73. The zero-order valence-corrected chi connectivity index (χ0v) is 29.0. The lowest BCUT2D eigenvalue weighted by atomic mass is 9.80. The van der Waals surface area contributed by atoms with Gasteiger partial charge in [-0.15, -0.1) is 0 Å². The molecule has 53 heavy (non-hydrogen) atoms. The van der Waals surface area contributed by atoms with Crippen LogP contribution in [0.4, 0.5) is 17.1 Å². The van der Waals surface area contributed by atoms with E-state index < -0.39 is 5.54 Å². The van der Waals surface area contributed by atoms with Gasteiger partial charge in [-0.1, -0.05) is 176 Å². The van der Waals surface area contributed by atoms with Crippen molar-refractivity contribution in [3.63, 3.8) is 0 Å². The zero-order chi connectivity index (χ0) is 34.9. The maximum atomic E-state index is 2.64. The first-order valence-corrected chi connectivity index (χ1v) is 18.4. The SMILES string of the molecule is c1ccc(C2(n3c4ccccc4c4c(N(c5cccc6ccccc56)c5cccc6ccccc56)cccc43)c3ccccc3-c3ccccc32)cc1. The van der Waals surface area contributed by atoms with E-state index in [1.165, 1.54) is 71.2 Å². The summed E-state index contributed by atoms with van der Waals surface area (Å²) in [5.41, 5.74) is 11.6. The summed E-state index contributed by atoms with van der Waals surface area (Å²) in [4.78, 5) is 2.51. The van der Waals surface area contributed by atoms with Crippen molar-refractivity contribution in [2.75, 3.05) is 4.90 Å². The fourth-order valence-electron chi connectivity index (χ4n) is 9.32. The van der Waals surface area contributed by atoms with Crippen molar-refractivity contribution in [1.82, 2.24) is 4.57 Å². The number of benzene rings is 9. The molecule has 0 bridgehead atoms. The fraction of sp³-hybridized carbons (Fsp3) is 0.0196. The molecule has 248 valence electrons. The normalized spacial score (nSPS) is 13.1. The number of rotatable bonds is 5. The molecule has 1 aliphatic rings. The van der Waals surface area contributed by atoms with Crippen LogP contribution in [0.25, 0.3) is 54.5 Å². The molecular formula is C51H34N2. The minimum Gasteiger partial charge on any atom is -0.322 e. The van der Waals surface area contributed by atoms with E-state index in [2.05, 4.69) is 216 Å². The highest BCUT2D eigenvalue weighted by Gasteiger charge is 2.47. The molecule has 10 aromatic rings. The van der Waals surface area contributed by atoms with Gasteiger partial charge < -0.3 is 9.47 Å². The van der Waals surface area contributed by atoms with Crippen LogP contribution in [0.1, 0.15) is 16.7 Å². The molecule has 1 aromatic heterocycles. The number of hydrogen-bond acceptors (Lipinski definition) is 1. The number of nitrogens with zero attached hydrogens (tertiary/aromatic N) is 2. The summed E-state index contributed by atoms with van der Waals surface area (Å²) in [5, 5.41) is 7.30. The summed E-state index contributed by atoms with van der Waals surface area (Å²) >= 11 is 0. The first-order valence-electron chi connectivity index (χ1n) is 18.4. The van der Waals surface area contributed by atoms with Crippen molar-refractivity contribution < 1.29 is 0 Å². The summed E-state index contributed by atoms with van der Waals surface area (Å²) < 4.78 is 2.64. The molecule has 1 aliphatic carbocycles. The molecule has 0 aliphatic heterocycles. The Morgan fingerprint density at radius 1 is 0.340 bits per heavy atom. The van der Waals surface area contributed by atoms with Crippen LogP contribution < -0.4 is 4.90 Å². The van der Waals surface area contributed by atoms with Crippen LogP contribution in [0, 0.1) is 0 Å². The van der Waals surface area contributed by atoms with Crippen LogP contribution in [0.3, 0.4) is 0 Å². The van der Waals surface area contributed by atoms with E-state index in [4.69, 9.17) is 0 Å². The van der Waals surface area contributed by atoms with E-state index in [9.17, 15) is 0 Å². The van der Waals surface area contributed by atoms with E-state index in [0.29, 0.717) is 0 Å². The Kier molecular flexibility index (Phi) is 6.50. The third-order valence-electron chi connectivity index (χ3n) is 11.4. The molecule has 2 heteroatoms. The predicted octanol–water partition coefficient (Wildman–Crippen LogP) is 13.4. The summed E-state index contributed by atoms with van der Waals surface area (Å²) in [6.07, 6.45) is 0. The van der Waals surface area contributed by atoms with Gasteiger partial charge in [0.1, 0.15) is 5.54 Å². The van der Waals surface area contributed by atoms with Crippen molar-refractivity contribution >= 4 is 60.4 Å². The molecule has 1 heterocycles. The average molecular weight is 675 g/mol. The molecule has 0 atom stereocenters. The Hall–Kier alpha value is -6.90. The molecule has 0 N–H and O–H groups in total. The van der Waals surface area contributed by atoms with E-state index in [1.54, 1.807) is 0 Å². The molecule has 9 aromatic carbocycles. The van der Waals surface area contributed by atoms with Gasteiger partial charge in [-0.05, 0) is 68.9 Å². The van der Waals surface area contributed by atoms with Gasteiger partial charge >= 0.3 is 0 Å². The molecule has 11 rings (SSSR count). The Bertz CT molecular complexity index is 2890. The molecule has 0 unspecified atom stereocenters. The molecule has 2 nitrogen and oxygen atoms in total. The second-order valence-corrected chi connectivity index (χ2v) is 14.0. The molecule has 0 saturated carbocycles. The Morgan fingerprint density at radius 2 is 0.792 bits per heavy atom. The lowest BCUT2D eigenvalue weighted by Gasteiger charge is -2.36. The number of fused-ring (bicyclic) bond motifs is 8. The van der Waals surface area contributed by atoms with E-state index in [0.717, 1.165) is 17.1 Å². The van der Waals surface area contributed by atoms with Gasteiger partial charge in [-0.3, -0.25) is 0 Å². The zero-order valence-electron chi connectivity index (χ0n) is 29.0. The van der Waals surface area contributed by atoms with Gasteiger partial charge in [0.15, 0.2) is 0 Å². The summed E-state index contributed by atoms with van der Waals surface area (Å²) in [6, 6.07) is 75.9. The van der Waals surface area contributed by atoms with E-state index in [-0.39, 0.29) is 0 Å². The second-order valence-electron chi connectivity index (χ2n) is 14.0. The van der Waals surface area contributed by atoms with Crippen molar-refractivity contribution in [2.24, 2.45) is 0 Å². The van der Waals surface area contributed by atoms with Gasteiger partial charge in [-0.25, -0.2) is 0 Å². The molecular weight excluding hydrogens is 641 g/mol. The molecule has 0 saturated heterocycles. The van der Waals surface area contributed by atoms with E-state index in [1.807, 2.05) is 0 Å². The summed E-state index contributed by atoms with van der Waals surface area (Å²) in [7, 11) is 0. The van der Waals surface area contributed by atoms with E-state index >= 15 is 0 Å². The number of para-hydroxylation sites is 1. The minimum atomic E-state index is -0.613. The maximum Gasteiger partial charge on any atom is 0.122 e. The Morgan fingerprint density at radius 3 is 1.43 bits per heavy atom. The topological polar surface area (TPSA) is 8.17 Å². The largest absolute Gasteiger partial charge is 0.322 e. The Labute approximate surface area is 308 Å². The fourth-order valence-corrected chi connectivity index (χ4v) is 9.32.